The summed E-state index contributed by atoms with van der Waals surface area (Å²) in [5.41, 5.74) is 3.67. The van der Waals surface area contributed by atoms with Crippen molar-refractivity contribution >= 4 is 40.4 Å². The molecule has 3 aromatic carbocycles. The molecule has 1 N–H and O–H groups in total. The summed E-state index contributed by atoms with van der Waals surface area (Å²) in [6.07, 6.45) is 0. The Morgan fingerprint density at radius 1 is 0.938 bits per heavy atom. The standard InChI is InChI=1S/C25H20ClFN2O3/c1-14-8-9-16(12-15(14)2)22-23(28-20-6-4-5-7-21(20)32-3)25(31)29(24(22)30)17-10-11-19(27)18(26)13-17/h4-13,28H,1-3H3. The topological polar surface area (TPSA) is 58.6 Å². The molecule has 0 saturated carbocycles. The summed E-state index contributed by atoms with van der Waals surface area (Å²) < 4.78 is 19.1. The van der Waals surface area contributed by atoms with Crippen LogP contribution in [-0.2, 0) is 9.59 Å². The Bertz CT molecular complexity index is 1290. The molecule has 0 aliphatic carbocycles. The second-order valence-corrected chi connectivity index (χ2v) is 7.83. The molecule has 162 valence electrons. The fourth-order valence-corrected chi connectivity index (χ4v) is 3.73. The third-order valence-corrected chi connectivity index (χ3v) is 5.70. The van der Waals surface area contributed by atoms with Crippen LogP contribution >= 0.6 is 11.6 Å². The Morgan fingerprint density at radius 2 is 1.69 bits per heavy atom. The number of nitrogens with zero attached hydrogens (tertiary/aromatic N) is 1. The maximum atomic E-state index is 13.7. The van der Waals surface area contributed by atoms with Gasteiger partial charge in [-0.05, 0) is 60.9 Å². The molecule has 0 atom stereocenters. The number of hydrogen-bond donors (Lipinski definition) is 1. The second-order valence-electron chi connectivity index (χ2n) is 7.42. The minimum atomic E-state index is -0.635. The molecule has 1 aliphatic heterocycles. The van der Waals surface area contributed by atoms with Crippen molar-refractivity contribution in [1.29, 1.82) is 0 Å². The predicted octanol–water partition coefficient (Wildman–Crippen LogP) is 5.50. The maximum absolute atomic E-state index is 13.7. The zero-order valence-corrected chi connectivity index (χ0v) is 18.5. The van der Waals surface area contributed by atoms with Crippen LogP contribution in [0, 0.1) is 19.7 Å². The molecule has 5 nitrogen and oxygen atoms in total. The number of carbonyl (C=O) groups excluding carboxylic acids is 2. The van der Waals surface area contributed by atoms with Crippen LogP contribution in [0.25, 0.3) is 5.57 Å². The Morgan fingerprint density at radius 3 is 2.38 bits per heavy atom. The number of aryl methyl sites for hydroxylation is 2. The monoisotopic (exact) mass is 450 g/mol. The summed E-state index contributed by atoms with van der Waals surface area (Å²) in [5, 5.41) is 2.91. The number of para-hydroxylation sites is 2. The van der Waals surface area contributed by atoms with Gasteiger partial charge in [0.05, 0.1) is 29.1 Å². The van der Waals surface area contributed by atoms with Gasteiger partial charge >= 0.3 is 0 Å². The van der Waals surface area contributed by atoms with Gasteiger partial charge in [-0.15, -0.1) is 0 Å². The highest BCUT2D eigenvalue weighted by atomic mass is 35.5. The van der Waals surface area contributed by atoms with E-state index in [1.165, 1.54) is 19.2 Å². The van der Waals surface area contributed by atoms with E-state index in [9.17, 15) is 14.0 Å². The summed E-state index contributed by atoms with van der Waals surface area (Å²) in [6, 6.07) is 16.4. The Labute approximate surface area is 190 Å². The zero-order valence-electron chi connectivity index (χ0n) is 17.7. The number of halogens is 2. The molecule has 4 rings (SSSR count). The zero-order chi connectivity index (χ0) is 23.0. The third-order valence-electron chi connectivity index (χ3n) is 5.41. The molecule has 1 heterocycles. The van der Waals surface area contributed by atoms with Crippen molar-refractivity contribution in [2.45, 2.75) is 13.8 Å². The summed E-state index contributed by atoms with van der Waals surface area (Å²) in [5.74, 6) is -1.22. The molecular formula is C25H20ClFN2O3. The number of ether oxygens (including phenoxy) is 1. The first kappa shape index (κ1) is 21.6. The quantitative estimate of drug-likeness (QED) is 0.521. The molecule has 2 amide bonds. The number of nitrogens with one attached hydrogen (secondary N) is 1. The molecule has 0 saturated heterocycles. The fourth-order valence-electron chi connectivity index (χ4n) is 3.55. The minimum absolute atomic E-state index is 0.100. The highest BCUT2D eigenvalue weighted by Gasteiger charge is 2.40. The smallest absolute Gasteiger partial charge is 0.282 e. The van der Waals surface area contributed by atoms with Crippen LogP contribution in [0.1, 0.15) is 16.7 Å². The SMILES string of the molecule is COc1ccccc1NC1=C(c2ccc(C)c(C)c2)C(=O)N(c2ccc(F)c(Cl)c2)C1=O. The maximum Gasteiger partial charge on any atom is 0.282 e. The molecule has 0 bridgehead atoms. The van der Waals surface area contributed by atoms with E-state index in [1.807, 2.05) is 26.0 Å². The Balaban J connectivity index is 1.87. The fraction of sp³-hybridized carbons (Fsp3) is 0.120. The number of rotatable bonds is 5. The number of methoxy groups -OCH3 is 1. The Hall–Kier alpha value is -3.64. The van der Waals surface area contributed by atoms with Crippen molar-refractivity contribution in [2.24, 2.45) is 0 Å². The van der Waals surface area contributed by atoms with Gasteiger partial charge in [0.15, 0.2) is 0 Å². The van der Waals surface area contributed by atoms with Gasteiger partial charge in [0.2, 0.25) is 0 Å². The largest absolute Gasteiger partial charge is 0.495 e. The summed E-state index contributed by atoms with van der Waals surface area (Å²) in [7, 11) is 1.52. The lowest BCUT2D eigenvalue weighted by atomic mass is 9.99. The van der Waals surface area contributed by atoms with Gasteiger partial charge in [-0.1, -0.05) is 41.9 Å². The second kappa shape index (κ2) is 8.48. The van der Waals surface area contributed by atoms with Gasteiger partial charge in [-0.3, -0.25) is 9.59 Å². The van der Waals surface area contributed by atoms with E-state index in [-0.39, 0.29) is 22.0 Å². The van der Waals surface area contributed by atoms with Crippen molar-refractivity contribution in [1.82, 2.24) is 0 Å². The number of hydrogen-bond acceptors (Lipinski definition) is 4. The molecule has 0 radical (unpaired) electrons. The van der Waals surface area contributed by atoms with Gasteiger partial charge < -0.3 is 10.1 Å². The van der Waals surface area contributed by atoms with Gasteiger partial charge in [0.25, 0.3) is 11.8 Å². The molecule has 0 aromatic heterocycles. The minimum Gasteiger partial charge on any atom is -0.495 e. The van der Waals surface area contributed by atoms with E-state index in [1.54, 1.807) is 30.3 Å². The lowest BCUT2D eigenvalue weighted by molar-refractivity contribution is -0.120. The molecule has 3 aromatic rings. The number of carbonyl (C=O) groups is 2. The highest BCUT2D eigenvalue weighted by Crippen LogP contribution is 2.37. The van der Waals surface area contributed by atoms with Crippen LogP contribution in [0.4, 0.5) is 15.8 Å². The normalized spacial score (nSPS) is 13.7. The van der Waals surface area contributed by atoms with E-state index in [4.69, 9.17) is 16.3 Å². The van der Waals surface area contributed by atoms with Crippen molar-refractivity contribution in [3.8, 4) is 5.75 Å². The van der Waals surface area contributed by atoms with E-state index in [2.05, 4.69) is 5.32 Å². The van der Waals surface area contributed by atoms with Crippen LogP contribution in [0.2, 0.25) is 5.02 Å². The molecular weight excluding hydrogens is 431 g/mol. The van der Waals surface area contributed by atoms with Crippen molar-refractivity contribution in [2.75, 3.05) is 17.3 Å². The van der Waals surface area contributed by atoms with Gasteiger partial charge in [-0.25, -0.2) is 9.29 Å². The van der Waals surface area contributed by atoms with Crippen LogP contribution < -0.4 is 15.0 Å². The first-order chi connectivity index (χ1) is 15.3. The summed E-state index contributed by atoms with van der Waals surface area (Å²) in [4.78, 5) is 28.0. The number of imide groups is 1. The number of amides is 2. The average Bonchev–Trinajstić information content (AvgIpc) is 3.02. The lowest BCUT2D eigenvalue weighted by Crippen LogP contribution is -2.32. The molecule has 0 unspecified atom stereocenters. The van der Waals surface area contributed by atoms with Crippen molar-refractivity contribution < 1.29 is 18.7 Å². The van der Waals surface area contributed by atoms with Crippen LogP contribution in [0.5, 0.6) is 5.75 Å². The third kappa shape index (κ3) is 3.74. The summed E-state index contributed by atoms with van der Waals surface area (Å²) in [6.45, 7) is 3.90. The first-order valence-electron chi connectivity index (χ1n) is 9.87. The van der Waals surface area contributed by atoms with Gasteiger partial charge in [0, 0.05) is 0 Å². The van der Waals surface area contributed by atoms with Crippen molar-refractivity contribution in [3.63, 3.8) is 0 Å². The van der Waals surface area contributed by atoms with Gasteiger partial charge in [-0.2, -0.15) is 0 Å². The van der Waals surface area contributed by atoms with Crippen LogP contribution in [-0.4, -0.2) is 18.9 Å². The lowest BCUT2D eigenvalue weighted by Gasteiger charge is -2.16. The van der Waals surface area contributed by atoms with Crippen LogP contribution in [0.3, 0.4) is 0 Å². The molecule has 32 heavy (non-hydrogen) atoms. The van der Waals surface area contributed by atoms with E-state index in [0.29, 0.717) is 17.0 Å². The molecule has 0 fully saturated rings. The summed E-state index contributed by atoms with van der Waals surface area (Å²) >= 11 is 5.91. The molecule has 1 aliphatic rings. The number of benzene rings is 3. The predicted molar refractivity (Wildman–Crippen MR) is 123 cm³/mol. The van der Waals surface area contributed by atoms with Gasteiger partial charge in [0.1, 0.15) is 17.3 Å². The highest BCUT2D eigenvalue weighted by molar-refractivity contribution is 6.46. The van der Waals surface area contributed by atoms with Crippen molar-refractivity contribution in [3.05, 3.63) is 93.9 Å². The van der Waals surface area contributed by atoms with E-state index < -0.39 is 17.6 Å². The van der Waals surface area contributed by atoms with E-state index in [0.717, 1.165) is 22.1 Å². The average molecular weight is 451 g/mol. The Kier molecular flexibility index (Phi) is 5.72. The molecule has 0 spiro atoms. The number of anilines is 2. The molecule has 7 heteroatoms. The van der Waals surface area contributed by atoms with Crippen LogP contribution in [0.15, 0.2) is 66.4 Å². The first-order valence-corrected chi connectivity index (χ1v) is 10.3. The van der Waals surface area contributed by atoms with E-state index >= 15 is 0 Å².